The van der Waals surface area contributed by atoms with Gasteiger partial charge in [-0.1, -0.05) is 12.1 Å². The first kappa shape index (κ1) is 11.9. The first-order chi connectivity index (χ1) is 7.57. The van der Waals surface area contributed by atoms with E-state index in [1.165, 1.54) is 0 Å². The van der Waals surface area contributed by atoms with Crippen molar-refractivity contribution in [3.8, 4) is 0 Å². The Morgan fingerprint density at radius 3 is 2.69 bits per heavy atom. The number of sulfonamides is 1. The number of hydrogen-bond donors (Lipinski definition) is 2. The van der Waals surface area contributed by atoms with E-state index >= 15 is 0 Å². The molecule has 1 fully saturated rings. The molecule has 4 nitrogen and oxygen atoms in total. The maximum absolute atomic E-state index is 11.8. The molecule has 6 heteroatoms. The molecule has 2 rings (SSSR count). The van der Waals surface area contributed by atoms with Gasteiger partial charge in [-0.2, -0.15) is 0 Å². The minimum Gasteiger partial charge on any atom is -0.313 e. The van der Waals surface area contributed by atoms with Crippen LogP contribution in [-0.4, -0.2) is 26.8 Å². The van der Waals surface area contributed by atoms with Gasteiger partial charge in [0, 0.05) is 10.5 Å². The maximum atomic E-state index is 11.8. The van der Waals surface area contributed by atoms with Crippen molar-refractivity contribution < 1.29 is 8.42 Å². The van der Waals surface area contributed by atoms with Crippen LogP contribution in [0.3, 0.4) is 0 Å². The van der Waals surface area contributed by atoms with Crippen molar-refractivity contribution in [2.45, 2.75) is 12.5 Å². The number of hydrogen-bond acceptors (Lipinski definition) is 3. The summed E-state index contributed by atoms with van der Waals surface area (Å²) >= 11 is 3.30. The molecule has 1 atom stereocenters. The molecule has 0 saturated carbocycles. The van der Waals surface area contributed by atoms with Crippen molar-refractivity contribution in [1.82, 2.24) is 5.32 Å². The van der Waals surface area contributed by atoms with Crippen LogP contribution in [0, 0.1) is 0 Å². The Balaban J connectivity index is 2.05. The average molecular weight is 305 g/mol. The fourth-order valence-electron chi connectivity index (χ4n) is 1.51. The van der Waals surface area contributed by atoms with Gasteiger partial charge in [0.15, 0.2) is 0 Å². The van der Waals surface area contributed by atoms with E-state index in [1.807, 2.05) is 6.07 Å². The minimum atomic E-state index is -3.26. The molecule has 1 aliphatic rings. The predicted molar refractivity (Wildman–Crippen MR) is 68.0 cm³/mol. The lowest BCUT2D eigenvalue weighted by atomic mass is 10.1. The van der Waals surface area contributed by atoms with Gasteiger partial charge >= 0.3 is 0 Å². The fraction of sp³-hybridized carbons (Fsp3) is 0.400. The molecule has 0 aliphatic carbocycles. The van der Waals surface area contributed by atoms with Gasteiger partial charge in [-0.05, 0) is 41.0 Å². The Bertz CT molecular complexity index is 471. The molecule has 0 radical (unpaired) electrons. The molecule has 1 unspecified atom stereocenters. The lowest BCUT2D eigenvalue weighted by Gasteiger charge is -2.27. The zero-order chi connectivity index (χ0) is 11.6. The van der Waals surface area contributed by atoms with Crippen molar-refractivity contribution in [2.75, 3.05) is 17.0 Å². The minimum absolute atomic E-state index is 0.0972. The van der Waals surface area contributed by atoms with Crippen LogP contribution in [0.1, 0.15) is 6.42 Å². The summed E-state index contributed by atoms with van der Waals surface area (Å²) in [6, 6.07) is 7.27. The normalized spacial score (nSPS) is 20.2. The van der Waals surface area contributed by atoms with Gasteiger partial charge < -0.3 is 5.32 Å². The van der Waals surface area contributed by atoms with Crippen LogP contribution in [0.2, 0.25) is 0 Å². The summed E-state index contributed by atoms with van der Waals surface area (Å²) in [6.07, 6.45) is 0.927. The third kappa shape index (κ3) is 2.96. The highest BCUT2D eigenvalue weighted by Gasteiger charge is 2.24. The van der Waals surface area contributed by atoms with Crippen LogP contribution >= 0.6 is 15.9 Å². The number of nitrogens with one attached hydrogen (secondary N) is 2. The van der Waals surface area contributed by atoms with E-state index in [1.54, 1.807) is 18.2 Å². The highest BCUT2D eigenvalue weighted by atomic mass is 79.9. The summed E-state index contributed by atoms with van der Waals surface area (Å²) in [5, 5.41) is 3.07. The molecule has 16 heavy (non-hydrogen) atoms. The zero-order valence-corrected chi connectivity index (χ0v) is 11.0. The van der Waals surface area contributed by atoms with Gasteiger partial charge in [-0.25, -0.2) is 8.42 Å². The zero-order valence-electron chi connectivity index (χ0n) is 8.61. The molecule has 2 N–H and O–H groups in total. The summed E-state index contributed by atoms with van der Waals surface area (Å²) in [5.74, 6) is 0.133. The predicted octanol–water partition coefficient (Wildman–Crippen LogP) is 1.55. The molecule has 1 aromatic rings. The maximum Gasteiger partial charge on any atom is 0.234 e. The van der Waals surface area contributed by atoms with Crippen molar-refractivity contribution in [3.63, 3.8) is 0 Å². The molecule has 88 valence electrons. The molecule has 1 saturated heterocycles. The Morgan fingerprint density at radius 2 is 2.12 bits per heavy atom. The van der Waals surface area contributed by atoms with Crippen LogP contribution in [0.25, 0.3) is 0 Å². The first-order valence-electron chi connectivity index (χ1n) is 5.05. The van der Waals surface area contributed by atoms with Crippen molar-refractivity contribution in [3.05, 3.63) is 28.7 Å². The number of anilines is 1. The number of rotatable bonds is 4. The van der Waals surface area contributed by atoms with Crippen LogP contribution in [-0.2, 0) is 10.0 Å². The fourth-order valence-corrected chi connectivity index (χ4v) is 3.43. The lowest BCUT2D eigenvalue weighted by Crippen LogP contribution is -2.48. The Labute approximate surface area is 104 Å². The van der Waals surface area contributed by atoms with Crippen LogP contribution in [0.5, 0.6) is 0 Å². The van der Waals surface area contributed by atoms with Gasteiger partial charge in [0.25, 0.3) is 0 Å². The molecular weight excluding hydrogens is 292 g/mol. The molecule has 1 heterocycles. The van der Waals surface area contributed by atoms with E-state index in [0.29, 0.717) is 5.69 Å². The van der Waals surface area contributed by atoms with E-state index < -0.39 is 10.0 Å². The Morgan fingerprint density at radius 1 is 1.44 bits per heavy atom. The van der Waals surface area contributed by atoms with Crippen molar-refractivity contribution >= 4 is 31.6 Å². The van der Waals surface area contributed by atoms with E-state index in [0.717, 1.165) is 17.4 Å². The SMILES string of the molecule is O=S(=O)(CC1CCN1)Nc1ccccc1Br. The second-order valence-electron chi connectivity index (χ2n) is 3.80. The highest BCUT2D eigenvalue weighted by molar-refractivity contribution is 9.10. The standard InChI is InChI=1S/C10H13BrN2O2S/c11-9-3-1-2-4-10(9)13-16(14,15)7-8-5-6-12-8/h1-4,8,12-13H,5-7H2. The average Bonchev–Trinajstić information content (AvgIpc) is 2.16. The number of benzene rings is 1. The third-order valence-corrected chi connectivity index (χ3v) is 4.55. The quantitative estimate of drug-likeness (QED) is 0.887. The van der Waals surface area contributed by atoms with Crippen molar-refractivity contribution in [2.24, 2.45) is 0 Å². The molecule has 0 aromatic heterocycles. The highest BCUT2D eigenvalue weighted by Crippen LogP contribution is 2.22. The van der Waals surface area contributed by atoms with Crippen LogP contribution < -0.4 is 10.0 Å². The topological polar surface area (TPSA) is 58.2 Å². The molecule has 0 spiro atoms. The smallest absolute Gasteiger partial charge is 0.234 e. The summed E-state index contributed by atoms with van der Waals surface area (Å²) < 4.78 is 26.9. The number of halogens is 1. The molecule has 1 aliphatic heterocycles. The number of para-hydroxylation sites is 1. The van der Waals surface area contributed by atoms with E-state index in [-0.39, 0.29) is 11.8 Å². The van der Waals surface area contributed by atoms with Gasteiger partial charge in [0.1, 0.15) is 0 Å². The summed E-state index contributed by atoms with van der Waals surface area (Å²) in [5.41, 5.74) is 0.585. The second kappa shape index (κ2) is 4.73. The summed E-state index contributed by atoms with van der Waals surface area (Å²) in [4.78, 5) is 0. The van der Waals surface area contributed by atoms with Crippen molar-refractivity contribution in [1.29, 1.82) is 0 Å². The largest absolute Gasteiger partial charge is 0.313 e. The Hall–Kier alpha value is -0.590. The van der Waals surface area contributed by atoms with Gasteiger partial charge in [-0.15, -0.1) is 0 Å². The molecule has 1 aromatic carbocycles. The van der Waals surface area contributed by atoms with Gasteiger partial charge in [0.05, 0.1) is 11.4 Å². The van der Waals surface area contributed by atoms with E-state index in [2.05, 4.69) is 26.0 Å². The lowest BCUT2D eigenvalue weighted by molar-refractivity contribution is 0.399. The second-order valence-corrected chi connectivity index (χ2v) is 6.42. The summed E-state index contributed by atoms with van der Waals surface area (Å²) in [6.45, 7) is 0.912. The van der Waals surface area contributed by atoms with E-state index in [4.69, 9.17) is 0 Å². The monoisotopic (exact) mass is 304 g/mol. The molecule has 0 amide bonds. The molecular formula is C10H13BrN2O2S. The first-order valence-corrected chi connectivity index (χ1v) is 7.50. The van der Waals surface area contributed by atoms with Gasteiger partial charge in [0.2, 0.25) is 10.0 Å². The third-order valence-electron chi connectivity index (χ3n) is 2.49. The Kier molecular flexibility index (Phi) is 3.51. The molecule has 0 bridgehead atoms. The van der Waals surface area contributed by atoms with Crippen LogP contribution in [0.4, 0.5) is 5.69 Å². The van der Waals surface area contributed by atoms with Gasteiger partial charge in [-0.3, -0.25) is 4.72 Å². The van der Waals surface area contributed by atoms with E-state index in [9.17, 15) is 8.42 Å². The summed E-state index contributed by atoms with van der Waals surface area (Å²) in [7, 11) is -3.26. The van der Waals surface area contributed by atoms with Crippen LogP contribution in [0.15, 0.2) is 28.7 Å².